The molecular weight excluding hydrogens is 450 g/mol. The number of nitrogens with zero attached hydrogens (tertiary/aromatic N) is 3. The zero-order valence-electron chi connectivity index (χ0n) is 19.7. The van der Waals surface area contributed by atoms with Gasteiger partial charge in [0.15, 0.2) is 18.4 Å². The van der Waals surface area contributed by atoms with E-state index < -0.39 is 6.10 Å². The van der Waals surface area contributed by atoms with Crippen LogP contribution in [0, 0.1) is 0 Å². The highest BCUT2D eigenvalue weighted by molar-refractivity contribution is 6.28. The summed E-state index contributed by atoms with van der Waals surface area (Å²) in [6, 6.07) is 12.6. The van der Waals surface area contributed by atoms with Crippen molar-refractivity contribution in [3.63, 3.8) is 0 Å². The molecular formula is C26H25N3O6. The Bertz CT molecular complexity index is 1330. The summed E-state index contributed by atoms with van der Waals surface area (Å²) in [5.41, 5.74) is 3.02. The molecule has 0 unspecified atom stereocenters. The second-order valence-corrected chi connectivity index (χ2v) is 8.41. The molecule has 2 atom stereocenters. The number of ether oxygens (including phenoxy) is 4. The van der Waals surface area contributed by atoms with Crippen LogP contribution in [0.3, 0.4) is 0 Å². The van der Waals surface area contributed by atoms with E-state index in [1.165, 1.54) is 7.11 Å². The Labute approximate surface area is 202 Å². The van der Waals surface area contributed by atoms with Gasteiger partial charge in [0.05, 0.1) is 37.6 Å². The smallest absolute Gasteiger partial charge is 0.196 e. The number of para-hydroxylation sites is 1. The first kappa shape index (κ1) is 22.9. The third-order valence-corrected chi connectivity index (χ3v) is 6.22. The van der Waals surface area contributed by atoms with E-state index in [1.807, 2.05) is 24.3 Å². The Hall–Kier alpha value is -3.82. The molecule has 9 nitrogen and oxygen atoms in total. The highest BCUT2D eigenvalue weighted by Gasteiger charge is 2.41. The molecule has 0 saturated carbocycles. The SMILES string of the molecule is COCOc1ccccc1-c1cn(C[C@H]2CC3=C(C(=O)c4c(OC)cccc4C3=O)[C@@H](C)O2)nn1. The van der Waals surface area contributed by atoms with Gasteiger partial charge in [-0.3, -0.25) is 9.59 Å². The molecule has 0 radical (unpaired) electrons. The van der Waals surface area contributed by atoms with E-state index in [1.54, 1.807) is 43.1 Å². The Morgan fingerprint density at radius 2 is 1.80 bits per heavy atom. The van der Waals surface area contributed by atoms with Crippen molar-refractivity contribution in [1.29, 1.82) is 0 Å². The number of fused-ring (bicyclic) bond motifs is 1. The van der Waals surface area contributed by atoms with E-state index in [9.17, 15) is 9.59 Å². The molecule has 1 aromatic heterocycles. The lowest BCUT2D eigenvalue weighted by Gasteiger charge is -2.34. The standard InChI is InChI=1S/C26H25N3O6/c1-15-23-19(25(30)18-8-6-10-22(33-3)24(18)26(23)31)11-16(35-15)12-29-13-20(27-28-29)17-7-4-5-9-21(17)34-14-32-2/h4-10,13,15-16H,11-12,14H2,1-3H3/t15-,16-/m1/s1. The van der Waals surface area contributed by atoms with Crippen LogP contribution in [0.25, 0.3) is 11.3 Å². The van der Waals surface area contributed by atoms with Crippen molar-refractivity contribution < 1.29 is 28.5 Å². The summed E-state index contributed by atoms with van der Waals surface area (Å²) in [5, 5.41) is 8.53. The van der Waals surface area contributed by atoms with Crippen molar-refractivity contribution in [1.82, 2.24) is 15.0 Å². The van der Waals surface area contributed by atoms with E-state index in [-0.39, 0.29) is 24.5 Å². The zero-order valence-corrected chi connectivity index (χ0v) is 19.7. The van der Waals surface area contributed by atoms with E-state index >= 15 is 0 Å². The maximum atomic E-state index is 13.3. The highest BCUT2D eigenvalue weighted by Crippen LogP contribution is 2.39. The molecule has 0 bridgehead atoms. The molecule has 0 amide bonds. The predicted octanol–water partition coefficient (Wildman–Crippen LogP) is 3.49. The monoisotopic (exact) mass is 475 g/mol. The summed E-state index contributed by atoms with van der Waals surface area (Å²) in [4.78, 5) is 26.6. The van der Waals surface area contributed by atoms with E-state index in [0.29, 0.717) is 52.4 Å². The summed E-state index contributed by atoms with van der Waals surface area (Å²) in [7, 11) is 3.05. The summed E-state index contributed by atoms with van der Waals surface area (Å²) in [6.45, 7) is 2.29. The van der Waals surface area contributed by atoms with Gasteiger partial charge in [-0.25, -0.2) is 4.68 Å². The van der Waals surface area contributed by atoms with Crippen LogP contribution in [-0.4, -0.2) is 59.8 Å². The van der Waals surface area contributed by atoms with Gasteiger partial charge in [0.25, 0.3) is 0 Å². The lowest BCUT2D eigenvalue weighted by molar-refractivity contribution is -0.00652. The number of carbonyl (C=O) groups is 2. The fourth-order valence-electron chi connectivity index (χ4n) is 4.70. The molecule has 2 aromatic carbocycles. The van der Waals surface area contributed by atoms with Crippen molar-refractivity contribution in [2.45, 2.75) is 32.1 Å². The van der Waals surface area contributed by atoms with Gasteiger partial charge < -0.3 is 18.9 Å². The molecule has 1 aliphatic heterocycles. The van der Waals surface area contributed by atoms with E-state index in [0.717, 1.165) is 5.56 Å². The number of rotatable bonds is 7. The normalized spacial score (nSPS) is 19.4. The molecule has 0 saturated heterocycles. The second kappa shape index (κ2) is 9.44. The van der Waals surface area contributed by atoms with Gasteiger partial charge in [-0.05, 0) is 25.1 Å². The number of methoxy groups -OCH3 is 2. The number of ketones is 2. The molecule has 0 fully saturated rings. The van der Waals surface area contributed by atoms with Gasteiger partial charge in [0.2, 0.25) is 0 Å². The molecule has 0 spiro atoms. The minimum atomic E-state index is -0.538. The fourth-order valence-corrected chi connectivity index (χ4v) is 4.70. The molecule has 5 rings (SSSR count). The van der Waals surface area contributed by atoms with Crippen molar-refractivity contribution in [3.05, 3.63) is 70.9 Å². The molecule has 3 aromatic rings. The first-order valence-electron chi connectivity index (χ1n) is 11.3. The van der Waals surface area contributed by atoms with E-state index in [4.69, 9.17) is 18.9 Å². The Kier molecular flexibility index (Phi) is 6.19. The van der Waals surface area contributed by atoms with Gasteiger partial charge in [0.1, 0.15) is 17.2 Å². The number of hydrogen-bond acceptors (Lipinski definition) is 8. The Morgan fingerprint density at radius 1 is 1.03 bits per heavy atom. The number of hydrogen-bond donors (Lipinski definition) is 0. The van der Waals surface area contributed by atoms with Crippen molar-refractivity contribution in [3.8, 4) is 22.8 Å². The first-order valence-corrected chi connectivity index (χ1v) is 11.3. The van der Waals surface area contributed by atoms with Crippen LogP contribution < -0.4 is 9.47 Å². The van der Waals surface area contributed by atoms with Crippen LogP contribution in [0.1, 0.15) is 34.1 Å². The second-order valence-electron chi connectivity index (χ2n) is 8.41. The maximum Gasteiger partial charge on any atom is 0.196 e. The fraction of sp³-hybridized carbons (Fsp3) is 0.308. The Balaban J connectivity index is 1.38. The molecule has 0 N–H and O–H groups in total. The summed E-state index contributed by atoms with van der Waals surface area (Å²) >= 11 is 0. The lowest BCUT2D eigenvalue weighted by atomic mass is 9.78. The molecule has 180 valence electrons. The quantitative estimate of drug-likeness (QED) is 0.479. The third-order valence-electron chi connectivity index (χ3n) is 6.22. The van der Waals surface area contributed by atoms with Crippen LogP contribution in [0.2, 0.25) is 0 Å². The molecule has 9 heteroatoms. The van der Waals surface area contributed by atoms with Gasteiger partial charge >= 0.3 is 0 Å². The lowest BCUT2D eigenvalue weighted by Crippen LogP contribution is -2.39. The highest BCUT2D eigenvalue weighted by atomic mass is 16.7. The van der Waals surface area contributed by atoms with Crippen molar-refractivity contribution in [2.24, 2.45) is 0 Å². The maximum absolute atomic E-state index is 13.3. The molecule has 35 heavy (non-hydrogen) atoms. The minimum Gasteiger partial charge on any atom is -0.496 e. The summed E-state index contributed by atoms with van der Waals surface area (Å²) < 4.78 is 23.8. The largest absolute Gasteiger partial charge is 0.496 e. The Morgan fingerprint density at radius 3 is 2.60 bits per heavy atom. The number of carbonyl (C=O) groups excluding carboxylic acids is 2. The molecule has 2 heterocycles. The molecule has 2 aliphatic rings. The van der Waals surface area contributed by atoms with Gasteiger partial charge in [-0.15, -0.1) is 5.10 Å². The topological polar surface area (TPSA) is 102 Å². The van der Waals surface area contributed by atoms with Gasteiger partial charge in [-0.2, -0.15) is 0 Å². The van der Waals surface area contributed by atoms with E-state index in [2.05, 4.69) is 10.3 Å². The van der Waals surface area contributed by atoms with Gasteiger partial charge in [0, 0.05) is 35.8 Å². The zero-order chi connectivity index (χ0) is 24.5. The molecule has 1 aliphatic carbocycles. The van der Waals surface area contributed by atoms with Crippen LogP contribution in [0.5, 0.6) is 11.5 Å². The average Bonchev–Trinajstić information content (AvgIpc) is 3.33. The minimum absolute atomic E-state index is 0.123. The number of benzene rings is 2. The predicted molar refractivity (Wildman–Crippen MR) is 126 cm³/mol. The van der Waals surface area contributed by atoms with Crippen molar-refractivity contribution in [2.75, 3.05) is 21.0 Å². The van der Waals surface area contributed by atoms with Crippen LogP contribution in [0.4, 0.5) is 0 Å². The number of Topliss-reactive ketones (excluding diaryl/α,β-unsaturated/α-hetero) is 2. The summed E-state index contributed by atoms with van der Waals surface area (Å²) in [5.74, 6) is 0.664. The van der Waals surface area contributed by atoms with Crippen LogP contribution in [-0.2, 0) is 16.0 Å². The number of aromatic nitrogens is 3. The van der Waals surface area contributed by atoms with Crippen LogP contribution >= 0.6 is 0 Å². The van der Waals surface area contributed by atoms with Gasteiger partial charge in [-0.1, -0.05) is 29.5 Å². The first-order chi connectivity index (χ1) is 17.0. The summed E-state index contributed by atoms with van der Waals surface area (Å²) in [6.07, 6.45) is 1.23. The average molecular weight is 476 g/mol. The van der Waals surface area contributed by atoms with Crippen LogP contribution in [0.15, 0.2) is 59.8 Å². The van der Waals surface area contributed by atoms with Crippen molar-refractivity contribution >= 4 is 11.6 Å². The third kappa shape index (κ3) is 4.13.